The predicted octanol–water partition coefficient (Wildman–Crippen LogP) is 4.42. The molecule has 0 saturated carbocycles. The van der Waals surface area contributed by atoms with Gasteiger partial charge in [0.05, 0.1) is 0 Å². The van der Waals surface area contributed by atoms with Gasteiger partial charge in [-0.15, -0.1) is 0 Å². The molecule has 0 aliphatic carbocycles. The fourth-order valence-electron chi connectivity index (χ4n) is 1.44. The van der Waals surface area contributed by atoms with E-state index < -0.39 is 10.0 Å². The van der Waals surface area contributed by atoms with Crippen LogP contribution in [0.15, 0.2) is 32.3 Å². The van der Waals surface area contributed by atoms with Crippen molar-refractivity contribution in [1.29, 1.82) is 0 Å². The van der Waals surface area contributed by atoms with Crippen LogP contribution >= 0.6 is 55.1 Å². The van der Waals surface area contributed by atoms with Crippen molar-refractivity contribution in [3.05, 3.63) is 43.1 Å². The molecule has 5 nitrogen and oxygen atoms in total. The van der Waals surface area contributed by atoms with Crippen molar-refractivity contribution in [2.45, 2.75) is 11.8 Å². The summed E-state index contributed by atoms with van der Waals surface area (Å²) in [6, 6.07) is 3.17. The van der Waals surface area contributed by atoms with E-state index in [1.807, 2.05) is 6.92 Å². The first kappa shape index (κ1) is 17.0. The van der Waals surface area contributed by atoms with Gasteiger partial charge in [-0.25, -0.2) is 18.4 Å². The van der Waals surface area contributed by atoms with Crippen LogP contribution < -0.4 is 4.72 Å². The normalized spacial score (nSPS) is 11.5. The maximum absolute atomic E-state index is 12.4. The van der Waals surface area contributed by atoms with E-state index in [0.717, 1.165) is 11.9 Å². The molecule has 21 heavy (non-hydrogen) atoms. The minimum absolute atomic E-state index is 0.0338. The summed E-state index contributed by atoms with van der Waals surface area (Å²) in [6.07, 6.45) is 1.12. The van der Waals surface area contributed by atoms with Crippen LogP contribution in [0.4, 0.5) is 5.82 Å². The molecule has 0 saturated heterocycles. The largest absolute Gasteiger partial charge is 0.264 e. The van der Waals surface area contributed by atoms with E-state index in [4.69, 9.17) is 23.2 Å². The number of benzene rings is 1. The van der Waals surface area contributed by atoms with E-state index in [1.165, 1.54) is 6.07 Å². The van der Waals surface area contributed by atoms with E-state index in [1.54, 1.807) is 6.07 Å². The lowest BCUT2D eigenvalue weighted by Gasteiger charge is -2.11. The second kappa shape index (κ2) is 6.37. The second-order valence-corrected chi connectivity index (χ2v) is 8.06. The molecule has 0 spiro atoms. The highest BCUT2D eigenvalue weighted by atomic mass is 79.9. The monoisotopic (exact) mass is 473 g/mol. The summed E-state index contributed by atoms with van der Waals surface area (Å²) < 4.78 is 28.2. The van der Waals surface area contributed by atoms with Crippen molar-refractivity contribution in [2.75, 3.05) is 4.72 Å². The molecule has 112 valence electrons. The molecule has 1 aromatic heterocycles. The molecule has 1 aromatic carbocycles. The first-order valence-electron chi connectivity index (χ1n) is 5.37. The number of aromatic nitrogens is 2. The van der Waals surface area contributed by atoms with Crippen LogP contribution in [0, 0.1) is 6.92 Å². The molecular weight excluding hydrogens is 469 g/mol. The smallest absolute Gasteiger partial charge is 0.262 e. The van der Waals surface area contributed by atoms with Gasteiger partial charge in [-0.05, 0) is 40.5 Å². The Morgan fingerprint density at radius 1 is 1.14 bits per heavy atom. The Morgan fingerprint density at radius 3 is 2.48 bits per heavy atom. The third-order valence-electron chi connectivity index (χ3n) is 2.48. The van der Waals surface area contributed by atoms with E-state index in [2.05, 4.69) is 46.5 Å². The molecule has 10 heteroatoms. The number of hydrogen-bond donors (Lipinski definition) is 1. The van der Waals surface area contributed by atoms with Crippen molar-refractivity contribution < 1.29 is 8.42 Å². The number of anilines is 1. The fraction of sp³-hybridized carbons (Fsp3) is 0.0909. The first-order valence-corrected chi connectivity index (χ1v) is 9.19. The molecule has 1 N–H and O–H groups in total. The van der Waals surface area contributed by atoms with Crippen LogP contribution in [-0.2, 0) is 10.0 Å². The van der Waals surface area contributed by atoms with Gasteiger partial charge in [0, 0.05) is 8.95 Å². The number of hydrogen-bond acceptors (Lipinski definition) is 4. The van der Waals surface area contributed by atoms with Gasteiger partial charge in [-0.1, -0.05) is 39.1 Å². The van der Waals surface area contributed by atoms with Crippen molar-refractivity contribution >= 4 is 70.9 Å². The van der Waals surface area contributed by atoms with E-state index in [-0.39, 0.29) is 20.9 Å². The molecule has 0 unspecified atom stereocenters. The summed E-state index contributed by atoms with van der Waals surface area (Å²) in [5.74, 6) is -0.0831. The highest BCUT2D eigenvalue weighted by Gasteiger charge is 2.21. The van der Waals surface area contributed by atoms with Crippen molar-refractivity contribution in [3.8, 4) is 0 Å². The molecule has 0 amide bonds. The Bertz CT molecular complexity index is 815. The minimum atomic E-state index is -3.88. The summed E-state index contributed by atoms with van der Waals surface area (Å²) >= 11 is 18.1. The first-order chi connectivity index (χ1) is 9.72. The van der Waals surface area contributed by atoms with Crippen LogP contribution in [0.5, 0.6) is 0 Å². The minimum Gasteiger partial charge on any atom is -0.262 e. The van der Waals surface area contributed by atoms with Crippen LogP contribution in [0.2, 0.25) is 10.2 Å². The molecule has 0 fully saturated rings. The van der Waals surface area contributed by atoms with Crippen molar-refractivity contribution in [2.24, 2.45) is 0 Å². The zero-order chi connectivity index (χ0) is 15.8. The molecule has 0 aliphatic rings. The second-order valence-electron chi connectivity index (χ2n) is 3.96. The molecule has 0 atom stereocenters. The lowest BCUT2D eigenvalue weighted by Crippen LogP contribution is -2.15. The summed E-state index contributed by atoms with van der Waals surface area (Å²) in [5.41, 5.74) is 0.893. The lowest BCUT2D eigenvalue weighted by molar-refractivity contribution is 0.600. The quantitative estimate of drug-likeness (QED) is 0.667. The third kappa shape index (κ3) is 3.68. The van der Waals surface area contributed by atoms with Crippen LogP contribution in [0.3, 0.4) is 0 Å². The van der Waals surface area contributed by atoms with E-state index >= 15 is 0 Å². The van der Waals surface area contributed by atoms with Gasteiger partial charge in [-0.3, -0.25) is 4.72 Å². The van der Waals surface area contributed by atoms with Gasteiger partial charge in [0.15, 0.2) is 11.0 Å². The van der Waals surface area contributed by atoms with Crippen LogP contribution in [-0.4, -0.2) is 18.4 Å². The van der Waals surface area contributed by atoms with Gasteiger partial charge in [-0.2, -0.15) is 0 Å². The topological polar surface area (TPSA) is 72.0 Å². The average molecular weight is 476 g/mol. The molecule has 0 radical (unpaired) electrons. The molecule has 1 heterocycles. The SMILES string of the molecule is Cc1cc(Br)c(S(=O)(=O)Nc2ncnc(Cl)c2Cl)cc1Br. The Kier molecular flexibility index (Phi) is 5.15. The maximum atomic E-state index is 12.4. The zero-order valence-electron chi connectivity index (χ0n) is 10.4. The number of sulfonamides is 1. The molecule has 0 aliphatic heterocycles. The summed E-state index contributed by atoms with van der Waals surface area (Å²) in [7, 11) is -3.88. The molecule has 2 aromatic rings. The van der Waals surface area contributed by atoms with Gasteiger partial charge < -0.3 is 0 Å². The molecule has 2 rings (SSSR count). The Hall–Kier alpha value is -0.410. The number of rotatable bonds is 3. The van der Waals surface area contributed by atoms with Crippen LogP contribution in [0.25, 0.3) is 0 Å². The Morgan fingerprint density at radius 2 is 1.81 bits per heavy atom. The summed E-state index contributed by atoms with van der Waals surface area (Å²) in [5, 5.41) is -0.0986. The number of nitrogens with one attached hydrogen (secondary N) is 1. The van der Waals surface area contributed by atoms with Crippen molar-refractivity contribution in [1.82, 2.24) is 9.97 Å². The molecule has 0 bridgehead atoms. The highest BCUT2D eigenvalue weighted by molar-refractivity contribution is 9.11. The number of aryl methyl sites for hydroxylation is 1. The zero-order valence-corrected chi connectivity index (χ0v) is 15.9. The van der Waals surface area contributed by atoms with Gasteiger partial charge in [0.1, 0.15) is 16.2 Å². The fourth-order valence-corrected chi connectivity index (χ4v) is 4.47. The predicted molar refractivity (Wildman–Crippen MR) is 89.4 cm³/mol. The van der Waals surface area contributed by atoms with Crippen LogP contribution in [0.1, 0.15) is 5.56 Å². The maximum Gasteiger partial charge on any atom is 0.264 e. The van der Waals surface area contributed by atoms with Gasteiger partial charge >= 0.3 is 0 Å². The van der Waals surface area contributed by atoms with Gasteiger partial charge in [0.25, 0.3) is 10.0 Å². The summed E-state index contributed by atoms with van der Waals surface area (Å²) in [6.45, 7) is 1.85. The standard InChI is InChI=1S/C11H7Br2Cl2N3O2S/c1-5-2-7(13)8(3-6(5)12)21(19,20)18-11-9(14)10(15)16-4-17-11/h2-4H,1H3,(H,16,17,18). The van der Waals surface area contributed by atoms with E-state index in [9.17, 15) is 8.42 Å². The number of halogens is 4. The average Bonchev–Trinajstić information content (AvgIpc) is 2.39. The van der Waals surface area contributed by atoms with Gasteiger partial charge in [0.2, 0.25) is 0 Å². The summed E-state index contributed by atoms with van der Waals surface area (Å²) in [4.78, 5) is 7.48. The molecular formula is C11H7Br2Cl2N3O2S. The Balaban J connectivity index is 2.48. The van der Waals surface area contributed by atoms with Crippen molar-refractivity contribution in [3.63, 3.8) is 0 Å². The Labute approximate surface area is 148 Å². The highest BCUT2D eigenvalue weighted by Crippen LogP contribution is 2.32. The lowest BCUT2D eigenvalue weighted by atomic mass is 10.2. The number of nitrogens with zero attached hydrogens (tertiary/aromatic N) is 2. The van der Waals surface area contributed by atoms with E-state index in [0.29, 0.717) is 8.95 Å². The third-order valence-corrected chi connectivity index (χ3v) is 6.37.